The summed E-state index contributed by atoms with van der Waals surface area (Å²) in [6.45, 7) is 4.44. The molecule has 4 aromatic rings. The number of aromatic nitrogens is 3. The fourth-order valence-electron chi connectivity index (χ4n) is 3.00. The van der Waals surface area contributed by atoms with Crippen LogP contribution in [0.15, 0.2) is 81.7 Å². The topological polar surface area (TPSA) is 92.9 Å². The molecule has 0 bridgehead atoms. The second-order valence-corrected chi connectivity index (χ2v) is 8.29. The first kappa shape index (κ1) is 21.6. The first-order valence-corrected chi connectivity index (χ1v) is 11.0. The van der Waals surface area contributed by atoms with Gasteiger partial charge in [-0.2, -0.15) is 0 Å². The van der Waals surface area contributed by atoms with Gasteiger partial charge in [0, 0.05) is 41.5 Å². The molecule has 2 amide bonds. The van der Waals surface area contributed by atoms with Gasteiger partial charge in [-0.3, -0.25) is 0 Å². The van der Waals surface area contributed by atoms with Crippen molar-refractivity contribution in [1.29, 1.82) is 0 Å². The molecule has 0 saturated carbocycles. The molecule has 0 fully saturated rings. The van der Waals surface area contributed by atoms with Gasteiger partial charge in [-0.15, -0.1) is 0 Å². The molecule has 2 aromatic heterocycles. The Morgan fingerprint density at radius 3 is 2.59 bits per heavy atom. The first-order chi connectivity index (χ1) is 15.6. The zero-order chi connectivity index (χ0) is 22.3. The Bertz CT molecular complexity index is 1190. The van der Waals surface area contributed by atoms with Gasteiger partial charge in [0.2, 0.25) is 5.89 Å². The molecule has 8 heteroatoms. The molecule has 0 aliphatic heterocycles. The molecule has 7 nitrogen and oxygen atoms in total. The highest BCUT2D eigenvalue weighted by atomic mass is 32.2. The van der Waals surface area contributed by atoms with E-state index < -0.39 is 0 Å². The average molecular weight is 446 g/mol. The number of anilines is 1. The van der Waals surface area contributed by atoms with E-state index in [0.717, 1.165) is 27.4 Å². The Morgan fingerprint density at radius 2 is 1.84 bits per heavy atom. The van der Waals surface area contributed by atoms with Crippen LogP contribution in [0.25, 0.3) is 11.5 Å². The lowest BCUT2D eigenvalue weighted by Crippen LogP contribution is -2.30. The summed E-state index contributed by atoms with van der Waals surface area (Å²) < 4.78 is 5.56. The minimum atomic E-state index is -0.262. The van der Waals surface area contributed by atoms with E-state index in [0.29, 0.717) is 24.0 Å². The van der Waals surface area contributed by atoms with Crippen LogP contribution in [0.3, 0.4) is 0 Å². The van der Waals surface area contributed by atoms with Crippen LogP contribution in [0.4, 0.5) is 10.5 Å². The molecular weight excluding hydrogens is 422 g/mol. The normalized spacial score (nSPS) is 10.7. The number of hydrogen-bond donors (Lipinski definition) is 2. The summed E-state index contributed by atoms with van der Waals surface area (Å²) in [4.78, 5) is 26.2. The molecular formula is C24H23N5O2S. The van der Waals surface area contributed by atoms with Crippen LogP contribution < -0.4 is 10.6 Å². The molecule has 2 heterocycles. The third-order valence-electron chi connectivity index (χ3n) is 4.71. The molecule has 162 valence electrons. The minimum Gasteiger partial charge on any atom is -0.444 e. The van der Waals surface area contributed by atoms with Crippen LogP contribution >= 0.6 is 11.8 Å². The van der Waals surface area contributed by atoms with E-state index in [2.05, 4.69) is 25.6 Å². The van der Waals surface area contributed by atoms with Crippen molar-refractivity contribution in [3.63, 3.8) is 0 Å². The number of amides is 2. The molecule has 2 aromatic carbocycles. The van der Waals surface area contributed by atoms with Crippen molar-refractivity contribution in [2.45, 2.75) is 30.3 Å². The van der Waals surface area contributed by atoms with Crippen LogP contribution in [0, 0.1) is 13.8 Å². The highest BCUT2D eigenvalue weighted by Gasteiger charge is 2.09. The smallest absolute Gasteiger partial charge is 0.319 e. The van der Waals surface area contributed by atoms with Crippen molar-refractivity contribution in [3.05, 3.63) is 84.0 Å². The number of nitrogens with zero attached hydrogens (tertiary/aromatic N) is 3. The largest absolute Gasteiger partial charge is 0.444 e. The Labute approximate surface area is 190 Å². The maximum Gasteiger partial charge on any atom is 0.319 e. The van der Waals surface area contributed by atoms with Crippen LogP contribution in [0.1, 0.15) is 16.8 Å². The molecule has 0 radical (unpaired) electrons. The van der Waals surface area contributed by atoms with Gasteiger partial charge in [0.15, 0.2) is 5.16 Å². The fourth-order valence-corrected chi connectivity index (χ4v) is 3.81. The third kappa shape index (κ3) is 5.73. The van der Waals surface area contributed by atoms with E-state index in [-0.39, 0.29) is 6.03 Å². The van der Waals surface area contributed by atoms with Gasteiger partial charge < -0.3 is 15.1 Å². The van der Waals surface area contributed by atoms with E-state index in [1.54, 1.807) is 24.7 Å². The van der Waals surface area contributed by atoms with Crippen LogP contribution in [-0.2, 0) is 6.42 Å². The Balaban J connectivity index is 1.26. The van der Waals surface area contributed by atoms with E-state index >= 15 is 0 Å². The molecule has 0 spiro atoms. The quantitative estimate of drug-likeness (QED) is 0.377. The van der Waals surface area contributed by atoms with Gasteiger partial charge in [0.1, 0.15) is 6.26 Å². The number of oxazole rings is 1. The standard InChI is InChI=1S/C24H23N5O2S/c1-16-4-6-18(7-5-16)22-28-19(15-31-22)10-13-25-23(30)29-21-9-8-20(14-17(21)2)32-24-26-11-3-12-27-24/h3-9,11-12,14-15H,10,13H2,1-2H3,(H2,25,29,30). The summed E-state index contributed by atoms with van der Waals surface area (Å²) in [6.07, 6.45) is 5.63. The van der Waals surface area contributed by atoms with Gasteiger partial charge in [-0.05, 0) is 67.6 Å². The summed E-state index contributed by atoms with van der Waals surface area (Å²) in [5, 5.41) is 6.43. The van der Waals surface area contributed by atoms with Gasteiger partial charge in [0.25, 0.3) is 0 Å². The summed E-state index contributed by atoms with van der Waals surface area (Å²) in [6, 6.07) is 15.3. The summed E-state index contributed by atoms with van der Waals surface area (Å²) in [7, 11) is 0. The Kier molecular flexibility index (Phi) is 6.81. The Hall–Kier alpha value is -3.65. The van der Waals surface area contributed by atoms with Crippen molar-refractivity contribution >= 4 is 23.5 Å². The summed E-state index contributed by atoms with van der Waals surface area (Å²) >= 11 is 1.48. The van der Waals surface area contributed by atoms with Crippen molar-refractivity contribution in [2.24, 2.45) is 0 Å². The second-order valence-electron chi connectivity index (χ2n) is 7.25. The molecule has 4 rings (SSSR count). The first-order valence-electron chi connectivity index (χ1n) is 10.2. The van der Waals surface area contributed by atoms with E-state index in [4.69, 9.17) is 4.42 Å². The number of carbonyl (C=O) groups is 1. The molecule has 32 heavy (non-hydrogen) atoms. The molecule has 0 aliphatic carbocycles. The number of nitrogens with one attached hydrogen (secondary N) is 2. The number of urea groups is 1. The van der Waals surface area contributed by atoms with Gasteiger partial charge in [0.05, 0.1) is 5.69 Å². The highest BCUT2D eigenvalue weighted by Crippen LogP contribution is 2.27. The molecule has 0 unspecified atom stereocenters. The molecule has 2 N–H and O–H groups in total. The third-order valence-corrected chi connectivity index (χ3v) is 5.60. The predicted molar refractivity (Wildman–Crippen MR) is 125 cm³/mol. The molecule has 0 aliphatic rings. The van der Waals surface area contributed by atoms with Crippen LogP contribution in [-0.4, -0.2) is 27.5 Å². The van der Waals surface area contributed by atoms with Crippen molar-refractivity contribution in [3.8, 4) is 11.5 Å². The lowest BCUT2D eigenvalue weighted by atomic mass is 10.1. The lowest BCUT2D eigenvalue weighted by Gasteiger charge is -2.10. The maximum absolute atomic E-state index is 12.3. The van der Waals surface area contributed by atoms with Crippen molar-refractivity contribution in [1.82, 2.24) is 20.3 Å². The van der Waals surface area contributed by atoms with Gasteiger partial charge in [-0.1, -0.05) is 17.7 Å². The zero-order valence-electron chi connectivity index (χ0n) is 17.8. The van der Waals surface area contributed by atoms with E-state index in [1.165, 1.54) is 17.3 Å². The SMILES string of the molecule is Cc1ccc(-c2nc(CCNC(=O)Nc3ccc(Sc4ncccn4)cc3C)co2)cc1. The van der Waals surface area contributed by atoms with Crippen LogP contribution in [0.2, 0.25) is 0 Å². The second kappa shape index (κ2) is 10.1. The van der Waals surface area contributed by atoms with Crippen LogP contribution in [0.5, 0.6) is 0 Å². The minimum absolute atomic E-state index is 0.262. The molecule has 0 atom stereocenters. The maximum atomic E-state index is 12.3. The number of aryl methyl sites for hydroxylation is 2. The van der Waals surface area contributed by atoms with E-state index in [1.807, 2.05) is 56.3 Å². The molecule has 0 saturated heterocycles. The monoisotopic (exact) mass is 445 g/mol. The number of hydrogen-bond acceptors (Lipinski definition) is 6. The predicted octanol–water partition coefficient (Wildman–Crippen LogP) is 5.26. The summed E-state index contributed by atoms with van der Waals surface area (Å²) in [5.41, 5.74) is 4.62. The van der Waals surface area contributed by atoms with Gasteiger partial charge >= 0.3 is 6.03 Å². The number of carbonyl (C=O) groups excluding carboxylic acids is 1. The Morgan fingerprint density at radius 1 is 1.06 bits per heavy atom. The number of rotatable bonds is 7. The lowest BCUT2D eigenvalue weighted by molar-refractivity contribution is 0.252. The van der Waals surface area contributed by atoms with Crippen molar-refractivity contribution in [2.75, 3.05) is 11.9 Å². The highest BCUT2D eigenvalue weighted by molar-refractivity contribution is 7.99. The number of benzene rings is 2. The van der Waals surface area contributed by atoms with Gasteiger partial charge in [-0.25, -0.2) is 19.7 Å². The zero-order valence-corrected chi connectivity index (χ0v) is 18.6. The summed E-state index contributed by atoms with van der Waals surface area (Å²) in [5.74, 6) is 0.582. The average Bonchev–Trinajstić information content (AvgIpc) is 3.26. The van der Waals surface area contributed by atoms with E-state index in [9.17, 15) is 4.79 Å². The fraction of sp³-hybridized carbons (Fsp3) is 0.167. The van der Waals surface area contributed by atoms with Crippen molar-refractivity contribution < 1.29 is 9.21 Å².